The van der Waals surface area contributed by atoms with E-state index in [2.05, 4.69) is 19.2 Å². The predicted octanol–water partition coefficient (Wildman–Crippen LogP) is 5.22. The smallest absolute Gasteiger partial charge is 0.282 e. The van der Waals surface area contributed by atoms with E-state index in [1.54, 1.807) is 43.5 Å². The molecule has 2 amide bonds. The first kappa shape index (κ1) is 22.1. The number of hydrogen-bond donors (Lipinski definition) is 1. The molecule has 0 saturated heterocycles. The van der Waals surface area contributed by atoms with E-state index >= 15 is 0 Å². The topological polar surface area (TPSA) is 67.9 Å². The summed E-state index contributed by atoms with van der Waals surface area (Å²) in [4.78, 5) is 28.4. The molecule has 1 N–H and O–H groups in total. The quantitative estimate of drug-likeness (QED) is 0.508. The Balaban J connectivity index is 1.82. The van der Waals surface area contributed by atoms with Crippen molar-refractivity contribution in [3.05, 3.63) is 89.6 Å². The number of benzene rings is 3. The summed E-state index contributed by atoms with van der Waals surface area (Å²) in [5.74, 6) is 0.579. The standard InChI is InChI=1S/C27H26N2O4/c1-17(2)18-12-14-19(15-13-18)28-25-24(22-10-5-6-11-23(22)33-4)26(30)29(27(25)31)20-8-7-9-21(16-20)32-3/h5-17,28H,1-4H3. The minimum Gasteiger partial charge on any atom is -0.497 e. The van der Waals surface area contributed by atoms with Crippen molar-refractivity contribution < 1.29 is 19.1 Å². The highest BCUT2D eigenvalue weighted by Crippen LogP contribution is 2.38. The van der Waals surface area contributed by atoms with E-state index in [-0.39, 0.29) is 11.3 Å². The molecule has 4 rings (SSSR count). The summed E-state index contributed by atoms with van der Waals surface area (Å²) >= 11 is 0. The molecule has 0 saturated carbocycles. The summed E-state index contributed by atoms with van der Waals surface area (Å²) in [5.41, 5.74) is 3.34. The highest BCUT2D eigenvalue weighted by molar-refractivity contribution is 6.46. The summed E-state index contributed by atoms with van der Waals surface area (Å²) in [6.45, 7) is 4.24. The second-order valence-corrected chi connectivity index (χ2v) is 8.00. The van der Waals surface area contributed by atoms with E-state index in [9.17, 15) is 9.59 Å². The maximum absolute atomic E-state index is 13.6. The van der Waals surface area contributed by atoms with Crippen LogP contribution in [0.25, 0.3) is 5.57 Å². The highest BCUT2D eigenvalue weighted by atomic mass is 16.5. The molecule has 3 aromatic carbocycles. The molecule has 0 spiro atoms. The molecule has 0 atom stereocenters. The van der Waals surface area contributed by atoms with Gasteiger partial charge in [-0.3, -0.25) is 9.59 Å². The number of anilines is 2. The van der Waals surface area contributed by atoms with Crippen LogP contribution in [0.2, 0.25) is 0 Å². The number of amides is 2. The maximum Gasteiger partial charge on any atom is 0.282 e. The van der Waals surface area contributed by atoms with E-state index in [1.165, 1.54) is 12.7 Å². The van der Waals surface area contributed by atoms with Gasteiger partial charge in [0, 0.05) is 17.3 Å². The van der Waals surface area contributed by atoms with Gasteiger partial charge in [-0.2, -0.15) is 0 Å². The van der Waals surface area contributed by atoms with Crippen molar-refractivity contribution >= 4 is 28.8 Å². The van der Waals surface area contributed by atoms with E-state index in [1.807, 2.05) is 36.4 Å². The Morgan fingerprint density at radius 3 is 2.21 bits per heavy atom. The van der Waals surface area contributed by atoms with Gasteiger partial charge < -0.3 is 14.8 Å². The molecular formula is C27H26N2O4. The Bertz CT molecular complexity index is 1230. The van der Waals surface area contributed by atoms with Gasteiger partial charge in [0.25, 0.3) is 11.8 Å². The van der Waals surface area contributed by atoms with Crippen molar-refractivity contribution in [2.75, 3.05) is 24.4 Å². The van der Waals surface area contributed by atoms with Crippen molar-refractivity contribution in [2.45, 2.75) is 19.8 Å². The van der Waals surface area contributed by atoms with Crippen molar-refractivity contribution in [1.29, 1.82) is 0 Å². The summed E-state index contributed by atoms with van der Waals surface area (Å²) in [5, 5.41) is 3.20. The van der Waals surface area contributed by atoms with Crippen LogP contribution in [-0.4, -0.2) is 26.0 Å². The number of carbonyl (C=O) groups excluding carboxylic acids is 2. The Hall–Kier alpha value is -4.06. The molecule has 0 bridgehead atoms. The molecule has 168 valence electrons. The molecule has 1 aliphatic rings. The summed E-state index contributed by atoms with van der Waals surface area (Å²) in [6, 6.07) is 21.9. The van der Waals surface area contributed by atoms with Crippen molar-refractivity contribution in [1.82, 2.24) is 0 Å². The zero-order valence-corrected chi connectivity index (χ0v) is 19.1. The van der Waals surface area contributed by atoms with Crippen LogP contribution in [0.3, 0.4) is 0 Å². The van der Waals surface area contributed by atoms with Gasteiger partial charge in [0.2, 0.25) is 0 Å². The molecule has 0 aliphatic carbocycles. The van der Waals surface area contributed by atoms with Crippen LogP contribution < -0.4 is 19.7 Å². The van der Waals surface area contributed by atoms with Crippen LogP contribution in [0, 0.1) is 0 Å². The average molecular weight is 443 g/mol. The number of nitrogens with one attached hydrogen (secondary N) is 1. The molecule has 1 aliphatic heterocycles. The number of nitrogens with zero attached hydrogens (tertiary/aromatic N) is 1. The molecule has 0 aromatic heterocycles. The molecule has 3 aromatic rings. The molecule has 6 heteroatoms. The second-order valence-electron chi connectivity index (χ2n) is 8.00. The van der Waals surface area contributed by atoms with Crippen molar-refractivity contribution in [3.63, 3.8) is 0 Å². The van der Waals surface area contributed by atoms with Gasteiger partial charge >= 0.3 is 0 Å². The first-order valence-electron chi connectivity index (χ1n) is 10.7. The Kier molecular flexibility index (Phi) is 6.18. The third-order valence-electron chi connectivity index (χ3n) is 5.62. The van der Waals surface area contributed by atoms with Gasteiger partial charge in [0.1, 0.15) is 17.2 Å². The molecule has 6 nitrogen and oxygen atoms in total. The molecule has 0 radical (unpaired) electrons. The first-order valence-corrected chi connectivity index (χ1v) is 10.7. The summed E-state index contributed by atoms with van der Waals surface area (Å²) < 4.78 is 10.8. The molecule has 0 fully saturated rings. The maximum atomic E-state index is 13.6. The van der Waals surface area contributed by atoms with E-state index < -0.39 is 11.8 Å². The van der Waals surface area contributed by atoms with Gasteiger partial charge in [-0.1, -0.05) is 50.2 Å². The van der Waals surface area contributed by atoms with Crippen molar-refractivity contribution in [2.24, 2.45) is 0 Å². The largest absolute Gasteiger partial charge is 0.497 e. The lowest BCUT2D eigenvalue weighted by Gasteiger charge is -2.16. The Labute approximate surface area is 193 Å². The lowest BCUT2D eigenvalue weighted by molar-refractivity contribution is -0.120. The average Bonchev–Trinajstić information content (AvgIpc) is 3.08. The molecular weight excluding hydrogens is 416 g/mol. The molecule has 33 heavy (non-hydrogen) atoms. The van der Waals surface area contributed by atoms with Crippen LogP contribution in [0.4, 0.5) is 11.4 Å². The SMILES string of the molecule is COc1cccc(N2C(=O)C(Nc3ccc(C(C)C)cc3)=C(c3ccccc3OC)C2=O)c1. The van der Waals surface area contributed by atoms with Gasteiger partial charge in [-0.05, 0) is 41.8 Å². The fourth-order valence-electron chi connectivity index (χ4n) is 3.83. The van der Waals surface area contributed by atoms with E-state index in [4.69, 9.17) is 9.47 Å². The summed E-state index contributed by atoms with van der Waals surface area (Å²) in [6.07, 6.45) is 0. The van der Waals surface area contributed by atoms with Crippen LogP contribution in [0.1, 0.15) is 30.9 Å². The number of rotatable bonds is 7. The van der Waals surface area contributed by atoms with Gasteiger partial charge in [-0.15, -0.1) is 0 Å². The highest BCUT2D eigenvalue weighted by Gasteiger charge is 2.41. The second kappa shape index (κ2) is 9.20. The summed E-state index contributed by atoms with van der Waals surface area (Å²) in [7, 11) is 3.08. The molecule has 0 unspecified atom stereocenters. The van der Waals surface area contributed by atoms with Gasteiger partial charge in [0.05, 0.1) is 25.5 Å². The lowest BCUT2D eigenvalue weighted by atomic mass is 10.0. The zero-order chi connectivity index (χ0) is 23.5. The fraction of sp³-hybridized carbons (Fsp3) is 0.185. The van der Waals surface area contributed by atoms with E-state index in [0.717, 1.165) is 10.6 Å². The number of imide groups is 1. The van der Waals surface area contributed by atoms with Gasteiger partial charge in [0.15, 0.2) is 0 Å². The number of methoxy groups -OCH3 is 2. The number of para-hydroxylation sites is 1. The van der Waals surface area contributed by atoms with Crippen LogP contribution in [0.5, 0.6) is 11.5 Å². The third-order valence-corrected chi connectivity index (χ3v) is 5.62. The Morgan fingerprint density at radius 2 is 1.55 bits per heavy atom. The third kappa shape index (κ3) is 4.20. The fourth-order valence-corrected chi connectivity index (χ4v) is 3.83. The number of ether oxygens (including phenoxy) is 2. The van der Waals surface area contributed by atoms with Crippen molar-refractivity contribution in [3.8, 4) is 11.5 Å². The zero-order valence-electron chi connectivity index (χ0n) is 19.1. The monoisotopic (exact) mass is 442 g/mol. The molecule has 1 heterocycles. The lowest BCUT2D eigenvalue weighted by Crippen LogP contribution is -2.32. The van der Waals surface area contributed by atoms with Crippen LogP contribution in [-0.2, 0) is 9.59 Å². The number of hydrogen-bond acceptors (Lipinski definition) is 5. The van der Waals surface area contributed by atoms with Crippen LogP contribution in [0.15, 0.2) is 78.5 Å². The van der Waals surface area contributed by atoms with Gasteiger partial charge in [-0.25, -0.2) is 4.90 Å². The minimum atomic E-state index is -0.443. The normalized spacial score (nSPS) is 13.7. The van der Waals surface area contributed by atoms with E-state index in [0.29, 0.717) is 28.7 Å². The van der Waals surface area contributed by atoms with Crippen LogP contribution >= 0.6 is 0 Å². The minimum absolute atomic E-state index is 0.199. The number of carbonyl (C=O) groups is 2. The Morgan fingerprint density at radius 1 is 0.818 bits per heavy atom. The predicted molar refractivity (Wildman–Crippen MR) is 130 cm³/mol. The first-order chi connectivity index (χ1) is 15.9.